The van der Waals surface area contributed by atoms with Gasteiger partial charge in [0.1, 0.15) is 12.2 Å². The molecule has 4 rings (SSSR count). The highest BCUT2D eigenvalue weighted by Gasteiger charge is 2.30. The van der Waals surface area contributed by atoms with Crippen LogP contribution in [0.2, 0.25) is 0 Å². The molecule has 0 radical (unpaired) electrons. The summed E-state index contributed by atoms with van der Waals surface area (Å²) in [4.78, 5) is 2.60. The maximum absolute atomic E-state index is 4.47. The van der Waals surface area contributed by atoms with Crippen LogP contribution in [-0.4, -0.2) is 26.2 Å². The summed E-state index contributed by atoms with van der Waals surface area (Å²) in [5, 5.41) is 13.1. The lowest BCUT2D eigenvalue weighted by atomic mass is 10.0. The Kier molecular flexibility index (Phi) is 3.78. The predicted octanol–water partition coefficient (Wildman–Crippen LogP) is 3.48. The smallest absolute Gasteiger partial charge is 0.150 e. The molecule has 2 fully saturated rings. The molecule has 1 saturated carbocycles. The van der Waals surface area contributed by atoms with Crippen molar-refractivity contribution in [2.45, 2.75) is 51.2 Å². The fourth-order valence-electron chi connectivity index (χ4n) is 3.33. The summed E-state index contributed by atoms with van der Waals surface area (Å²) in [6, 6.07) is 2.69. The molecule has 1 saturated heterocycles. The normalized spacial score (nSPS) is 23.5. The van der Waals surface area contributed by atoms with Gasteiger partial charge >= 0.3 is 0 Å². The van der Waals surface area contributed by atoms with E-state index in [0.29, 0.717) is 6.04 Å². The first-order chi connectivity index (χ1) is 10.4. The minimum absolute atomic E-state index is 0.444. The monoisotopic (exact) mass is 302 g/mol. The zero-order chi connectivity index (χ0) is 14.1. The molecule has 0 amide bonds. The van der Waals surface area contributed by atoms with Crippen LogP contribution in [0.1, 0.15) is 49.5 Å². The molecule has 2 aromatic heterocycles. The Balaban J connectivity index is 1.54. The Morgan fingerprint density at radius 1 is 1.24 bits per heavy atom. The third-order valence-corrected chi connectivity index (χ3v) is 5.41. The number of hydrogen-bond acceptors (Lipinski definition) is 4. The molecule has 0 spiro atoms. The van der Waals surface area contributed by atoms with Gasteiger partial charge in [-0.3, -0.25) is 4.90 Å². The van der Waals surface area contributed by atoms with E-state index in [1.807, 2.05) is 6.33 Å². The summed E-state index contributed by atoms with van der Waals surface area (Å²) in [6.45, 7) is 3.34. The van der Waals surface area contributed by atoms with Gasteiger partial charge in [0.15, 0.2) is 0 Å². The molecular weight excluding hydrogens is 280 g/mol. The van der Waals surface area contributed by atoms with Crippen molar-refractivity contribution in [3.63, 3.8) is 0 Å². The maximum Gasteiger partial charge on any atom is 0.150 e. The maximum atomic E-state index is 4.47. The van der Waals surface area contributed by atoms with Crippen LogP contribution < -0.4 is 0 Å². The van der Waals surface area contributed by atoms with Gasteiger partial charge in [-0.25, -0.2) is 0 Å². The molecule has 0 bridgehead atoms. The summed E-state index contributed by atoms with van der Waals surface area (Å²) in [5.74, 6) is 2.06. The first kappa shape index (κ1) is 13.5. The fraction of sp³-hybridized carbons (Fsp3) is 0.625. The van der Waals surface area contributed by atoms with E-state index in [9.17, 15) is 0 Å². The standard InChI is InChI=1S/C16H22N4S/c1-2-7-19(10-14-6-8-21-11-14)15(3-1)16-18-17-12-20(16)9-13-4-5-13/h6,8,11-13,15H,1-5,7,9-10H2/t15-/m0/s1. The lowest BCUT2D eigenvalue weighted by molar-refractivity contribution is 0.130. The molecule has 21 heavy (non-hydrogen) atoms. The van der Waals surface area contributed by atoms with Crippen molar-refractivity contribution in [1.29, 1.82) is 0 Å². The number of piperidine rings is 1. The second kappa shape index (κ2) is 5.89. The van der Waals surface area contributed by atoms with Crippen molar-refractivity contribution < 1.29 is 0 Å². The molecule has 0 unspecified atom stereocenters. The Morgan fingerprint density at radius 3 is 3.00 bits per heavy atom. The van der Waals surface area contributed by atoms with E-state index < -0.39 is 0 Å². The topological polar surface area (TPSA) is 34.0 Å². The zero-order valence-electron chi connectivity index (χ0n) is 12.3. The molecule has 5 heteroatoms. The van der Waals surface area contributed by atoms with Crippen LogP contribution in [0.3, 0.4) is 0 Å². The number of aromatic nitrogens is 3. The molecule has 3 heterocycles. The van der Waals surface area contributed by atoms with Gasteiger partial charge in [-0.1, -0.05) is 6.42 Å². The molecule has 4 nitrogen and oxygen atoms in total. The van der Waals surface area contributed by atoms with Gasteiger partial charge in [0.05, 0.1) is 6.04 Å². The average molecular weight is 302 g/mol. The Labute approximate surface area is 129 Å². The molecular formula is C16H22N4S. The van der Waals surface area contributed by atoms with E-state index in [2.05, 4.69) is 36.5 Å². The fourth-order valence-corrected chi connectivity index (χ4v) is 3.99. The van der Waals surface area contributed by atoms with E-state index in [0.717, 1.165) is 19.0 Å². The van der Waals surface area contributed by atoms with E-state index in [1.54, 1.807) is 11.3 Å². The molecule has 1 aliphatic heterocycles. The van der Waals surface area contributed by atoms with Crippen molar-refractivity contribution in [2.75, 3.05) is 6.54 Å². The zero-order valence-corrected chi connectivity index (χ0v) is 13.1. The van der Waals surface area contributed by atoms with Gasteiger partial charge in [-0.15, -0.1) is 10.2 Å². The van der Waals surface area contributed by atoms with E-state index >= 15 is 0 Å². The van der Waals surface area contributed by atoms with Crippen LogP contribution in [0, 0.1) is 5.92 Å². The largest absolute Gasteiger partial charge is 0.316 e. The number of rotatable bonds is 5. The number of nitrogens with zero attached hydrogens (tertiary/aromatic N) is 4. The second-order valence-electron chi connectivity index (χ2n) is 6.40. The van der Waals surface area contributed by atoms with E-state index in [4.69, 9.17) is 0 Å². The summed E-state index contributed by atoms with van der Waals surface area (Å²) in [5.41, 5.74) is 1.43. The first-order valence-electron chi connectivity index (χ1n) is 8.03. The van der Waals surface area contributed by atoms with Gasteiger partial charge in [-0.05, 0) is 60.5 Å². The van der Waals surface area contributed by atoms with Crippen LogP contribution in [-0.2, 0) is 13.1 Å². The predicted molar refractivity (Wildman–Crippen MR) is 84.1 cm³/mol. The third kappa shape index (κ3) is 3.04. The van der Waals surface area contributed by atoms with Crippen molar-refractivity contribution in [3.8, 4) is 0 Å². The highest BCUT2D eigenvalue weighted by Crippen LogP contribution is 2.34. The van der Waals surface area contributed by atoms with Crippen LogP contribution >= 0.6 is 11.3 Å². The molecule has 1 atom stereocenters. The second-order valence-corrected chi connectivity index (χ2v) is 7.18. The molecule has 0 N–H and O–H groups in total. The summed E-state index contributed by atoms with van der Waals surface area (Å²) < 4.78 is 2.31. The lowest BCUT2D eigenvalue weighted by Gasteiger charge is -2.35. The quantitative estimate of drug-likeness (QED) is 0.848. The van der Waals surface area contributed by atoms with Crippen LogP contribution in [0.25, 0.3) is 0 Å². The Morgan fingerprint density at radius 2 is 2.19 bits per heavy atom. The highest BCUT2D eigenvalue weighted by atomic mass is 32.1. The lowest BCUT2D eigenvalue weighted by Crippen LogP contribution is -2.34. The number of likely N-dealkylation sites (tertiary alicyclic amines) is 1. The summed E-state index contributed by atoms with van der Waals surface area (Å²) >= 11 is 1.79. The third-order valence-electron chi connectivity index (χ3n) is 4.67. The Hall–Kier alpha value is -1.20. The van der Waals surface area contributed by atoms with Gasteiger partial charge in [0, 0.05) is 13.1 Å². The van der Waals surface area contributed by atoms with Crippen LogP contribution in [0.5, 0.6) is 0 Å². The first-order valence-corrected chi connectivity index (χ1v) is 8.97. The molecule has 2 aromatic rings. The van der Waals surface area contributed by atoms with Crippen molar-refractivity contribution in [3.05, 3.63) is 34.5 Å². The highest BCUT2D eigenvalue weighted by molar-refractivity contribution is 7.07. The van der Waals surface area contributed by atoms with Crippen molar-refractivity contribution >= 4 is 11.3 Å². The summed E-state index contributed by atoms with van der Waals surface area (Å²) in [7, 11) is 0. The van der Waals surface area contributed by atoms with Gasteiger partial charge in [0.25, 0.3) is 0 Å². The Bertz CT molecular complexity index is 573. The number of hydrogen-bond donors (Lipinski definition) is 0. The van der Waals surface area contributed by atoms with Crippen LogP contribution in [0.15, 0.2) is 23.2 Å². The van der Waals surface area contributed by atoms with Crippen molar-refractivity contribution in [1.82, 2.24) is 19.7 Å². The van der Waals surface area contributed by atoms with E-state index in [-0.39, 0.29) is 0 Å². The average Bonchev–Trinajstić information content (AvgIpc) is 2.98. The minimum Gasteiger partial charge on any atom is -0.316 e. The molecule has 1 aliphatic carbocycles. The minimum atomic E-state index is 0.444. The van der Waals surface area contributed by atoms with Gasteiger partial charge < -0.3 is 4.57 Å². The van der Waals surface area contributed by atoms with E-state index in [1.165, 1.54) is 50.0 Å². The number of thiophene rings is 1. The SMILES string of the molecule is c1cc(CN2CCCC[C@H]2c2nncn2CC2CC2)cs1. The molecule has 112 valence electrons. The van der Waals surface area contributed by atoms with Crippen molar-refractivity contribution in [2.24, 2.45) is 5.92 Å². The molecule has 2 aliphatic rings. The van der Waals surface area contributed by atoms with Crippen LogP contribution in [0.4, 0.5) is 0 Å². The van der Waals surface area contributed by atoms with Gasteiger partial charge in [-0.2, -0.15) is 11.3 Å². The molecule has 0 aromatic carbocycles. The van der Waals surface area contributed by atoms with Gasteiger partial charge in [0.2, 0.25) is 0 Å². The summed E-state index contributed by atoms with van der Waals surface area (Å²) in [6.07, 6.45) is 8.51.